The molecule has 0 saturated carbocycles. The van der Waals surface area contributed by atoms with Crippen LogP contribution in [0.1, 0.15) is 24.1 Å². The Hall–Kier alpha value is -3.61. The summed E-state index contributed by atoms with van der Waals surface area (Å²) >= 11 is 0. The number of aliphatic hydroxyl groups is 1. The molecule has 1 aliphatic heterocycles. The summed E-state index contributed by atoms with van der Waals surface area (Å²) in [6.45, 7) is 1.46. The number of amides is 1. The Morgan fingerprint density at radius 2 is 2.03 bits per heavy atom. The highest BCUT2D eigenvalue weighted by molar-refractivity contribution is 6.08. The molecular weight excluding hydrogens is 387 g/mol. The Kier molecular flexibility index (Phi) is 5.03. The molecule has 1 atom stereocenters. The molecule has 0 aliphatic carbocycles. The molecule has 0 bridgehead atoms. The number of carbonyl (C=O) groups excluding carboxylic acids is 2. The van der Waals surface area contributed by atoms with Crippen LogP contribution in [0.5, 0.6) is 5.75 Å². The third-order valence-electron chi connectivity index (χ3n) is 5.48. The van der Waals surface area contributed by atoms with E-state index in [4.69, 9.17) is 4.74 Å². The summed E-state index contributed by atoms with van der Waals surface area (Å²) < 4.78 is 19.8. The summed E-state index contributed by atoms with van der Waals surface area (Å²) in [6.07, 6.45) is 2.30. The number of hydrogen-bond acceptors (Lipinski definition) is 4. The van der Waals surface area contributed by atoms with Crippen LogP contribution in [0.4, 0.5) is 4.39 Å². The molecule has 0 fully saturated rings. The van der Waals surface area contributed by atoms with E-state index in [9.17, 15) is 19.1 Å². The second-order valence-corrected chi connectivity index (χ2v) is 7.22. The topological polar surface area (TPSA) is 82.6 Å². The van der Waals surface area contributed by atoms with Crippen molar-refractivity contribution in [3.8, 4) is 5.75 Å². The van der Waals surface area contributed by atoms with Gasteiger partial charge in [-0.05, 0) is 43.2 Å². The van der Waals surface area contributed by atoms with Crippen LogP contribution in [-0.2, 0) is 16.0 Å². The Labute approximate surface area is 172 Å². The smallest absolute Gasteiger partial charge is 0.290 e. The van der Waals surface area contributed by atoms with Crippen molar-refractivity contribution in [2.75, 3.05) is 13.7 Å². The summed E-state index contributed by atoms with van der Waals surface area (Å²) in [6, 6.07) is 10.7. The van der Waals surface area contributed by atoms with Crippen molar-refractivity contribution in [3.63, 3.8) is 0 Å². The number of ether oxygens (including phenoxy) is 1. The molecule has 3 aromatic rings. The summed E-state index contributed by atoms with van der Waals surface area (Å²) in [4.78, 5) is 29.5. The molecule has 6 nitrogen and oxygen atoms in total. The largest absolute Gasteiger partial charge is 0.503 e. The normalized spacial score (nSPS) is 16.6. The van der Waals surface area contributed by atoms with Crippen LogP contribution in [0.25, 0.3) is 10.9 Å². The first kappa shape index (κ1) is 19.7. The average molecular weight is 408 g/mol. The number of Topliss-reactive ketones (excluding diaryl/α,β-unsaturated/α-hetero) is 1. The number of hydrogen-bond donors (Lipinski definition) is 2. The number of nitrogens with one attached hydrogen (secondary N) is 1. The molecule has 4 rings (SSSR count). The van der Waals surface area contributed by atoms with E-state index in [0.717, 1.165) is 16.5 Å². The second-order valence-electron chi connectivity index (χ2n) is 7.22. The Morgan fingerprint density at radius 3 is 2.73 bits per heavy atom. The second kappa shape index (κ2) is 7.67. The first-order valence-electron chi connectivity index (χ1n) is 9.55. The number of fused-ring (bicyclic) bond motifs is 1. The van der Waals surface area contributed by atoms with Gasteiger partial charge in [0, 0.05) is 29.2 Å². The Bertz CT molecular complexity index is 1180. The highest BCUT2D eigenvalue weighted by atomic mass is 19.1. The fraction of sp³-hybridized carbons (Fsp3) is 0.217. The van der Waals surface area contributed by atoms with Crippen molar-refractivity contribution in [1.82, 2.24) is 9.88 Å². The van der Waals surface area contributed by atoms with Gasteiger partial charge in [0.05, 0.1) is 18.7 Å². The lowest BCUT2D eigenvalue weighted by atomic mass is 9.96. The molecule has 1 amide bonds. The molecule has 2 N–H and O–H groups in total. The number of aromatic nitrogens is 1. The number of aromatic amines is 1. The third kappa shape index (κ3) is 3.22. The maximum atomic E-state index is 14.5. The fourth-order valence-electron chi connectivity index (χ4n) is 4.00. The summed E-state index contributed by atoms with van der Waals surface area (Å²) in [5, 5.41) is 11.3. The minimum Gasteiger partial charge on any atom is -0.503 e. The Morgan fingerprint density at radius 1 is 1.27 bits per heavy atom. The quantitative estimate of drug-likeness (QED) is 0.649. The van der Waals surface area contributed by atoms with Crippen molar-refractivity contribution in [3.05, 3.63) is 76.9 Å². The molecule has 7 heteroatoms. The van der Waals surface area contributed by atoms with E-state index in [1.54, 1.807) is 13.2 Å². The van der Waals surface area contributed by atoms with Crippen LogP contribution < -0.4 is 4.74 Å². The number of halogens is 1. The van der Waals surface area contributed by atoms with Gasteiger partial charge in [-0.2, -0.15) is 0 Å². The van der Waals surface area contributed by atoms with Gasteiger partial charge >= 0.3 is 0 Å². The zero-order chi connectivity index (χ0) is 21.4. The van der Waals surface area contributed by atoms with Gasteiger partial charge in [0.15, 0.2) is 11.5 Å². The number of carbonyl (C=O) groups is 2. The number of aliphatic hydroxyl groups excluding tert-OH is 1. The van der Waals surface area contributed by atoms with Gasteiger partial charge in [-0.3, -0.25) is 9.59 Å². The van der Waals surface area contributed by atoms with E-state index >= 15 is 0 Å². The number of ketones is 1. The number of H-pyrrole nitrogens is 1. The van der Waals surface area contributed by atoms with Crippen LogP contribution in [-0.4, -0.2) is 40.3 Å². The van der Waals surface area contributed by atoms with Gasteiger partial charge in [-0.25, -0.2) is 4.39 Å². The van der Waals surface area contributed by atoms with Gasteiger partial charge in [0.25, 0.3) is 5.91 Å². The third-order valence-corrected chi connectivity index (χ3v) is 5.48. The lowest BCUT2D eigenvalue weighted by Crippen LogP contribution is -2.33. The molecule has 0 saturated heterocycles. The first-order valence-corrected chi connectivity index (χ1v) is 9.55. The van der Waals surface area contributed by atoms with Crippen molar-refractivity contribution in [2.45, 2.75) is 19.4 Å². The molecule has 1 aromatic heterocycles. The lowest BCUT2D eigenvalue weighted by Gasteiger charge is -2.26. The van der Waals surface area contributed by atoms with Crippen LogP contribution in [0.3, 0.4) is 0 Å². The maximum absolute atomic E-state index is 14.5. The minimum atomic E-state index is -0.962. The van der Waals surface area contributed by atoms with Gasteiger partial charge in [-0.15, -0.1) is 0 Å². The highest BCUT2D eigenvalue weighted by Crippen LogP contribution is 2.39. The summed E-state index contributed by atoms with van der Waals surface area (Å²) in [5.74, 6) is -1.58. The van der Waals surface area contributed by atoms with Crippen LogP contribution >= 0.6 is 0 Å². The molecule has 1 aliphatic rings. The van der Waals surface area contributed by atoms with E-state index in [-0.39, 0.29) is 17.7 Å². The van der Waals surface area contributed by atoms with E-state index in [1.165, 1.54) is 30.0 Å². The van der Waals surface area contributed by atoms with Crippen molar-refractivity contribution in [1.29, 1.82) is 0 Å². The molecule has 0 spiro atoms. The number of rotatable bonds is 6. The van der Waals surface area contributed by atoms with E-state index in [2.05, 4.69) is 4.98 Å². The number of benzene rings is 2. The fourth-order valence-corrected chi connectivity index (χ4v) is 4.00. The lowest BCUT2D eigenvalue weighted by molar-refractivity contribution is -0.129. The van der Waals surface area contributed by atoms with Gasteiger partial charge in [0.2, 0.25) is 0 Å². The highest BCUT2D eigenvalue weighted by Gasteiger charge is 2.43. The molecule has 30 heavy (non-hydrogen) atoms. The standard InChI is InChI=1S/C23H21FN2O4/c1-13(27)20-21(16-5-3-4-6-18(16)24)26(23(29)22(20)28)10-9-14-12-25-19-8-7-15(30-2)11-17(14)19/h3-8,11-12,21,25,28H,9-10H2,1-2H3. The monoisotopic (exact) mass is 408 g/mol. The first-order chi connectivity index (χ1) is 14.4. The minimum absolute atomic E-state index is 0.0781. The van der Waals surface area contributed by atoms with E-state index in [0.29, 0.717) is 12.2 Å². The molecule has 2 heterocycles. The Balaban J connectivity index is 1.68. The zero-order valence-corrected chi connectivity index (χ0v) is 16.6. The van der Waals surface area contributed by atoms with Crippen molar-refractivity contribution in [2.24, 2.45) is 0 Å². The summed E-state index contributed by atoms with van der Waals surface area (Å²) in [5.41, 5.74) is 1.97. The molecule has 0 radical (unpaired) electrons. The van der Waals surface area contributed by atoms with Gasteiger partial charge in [0.1, 0.15) is 11.6 Å². The van der Waals surface area contributed by atoms with E-state index in [1.807, 2.05) is 24.4 Å². The van der Waals surface area contributed by atoms with Gasteiger partial charge in [-0.1, -0.05) is 18.2 Å². The van der Waals surface area contributed by atoms with Crippen molar-refractivity contribution < 1.29 is 23.8 Å². The van der Waals surface area contributed by atoms with Crippen LogP contribution in [0.2, 0.25) is 0 Å². The average Bonchev–Trinajstić information content (AvgIpc) is 3.25. The number of methoxy groups -OCH3 is 1. The van der Waals surface area contributed by atoms with Crippen molar-refractivity contribution >= 4 is 22.6 Å². The zero-order valence-electron chi connectivity index (χ0n) is 16.6. The van der Waals surface area contributed by atoms with E-state index < -0.39 is 29.3 Å². The predicted molar refractivity (Wildman–Crippen MR) is 110 cm³/mol. The van der Waals surface area contributed by atoms with Gasteiger partial charge < -0.3 is 19.7 Å². The molecule has 154 valence electrons. The molecular formula is C23H21FN2O4. The SMILES string of the molecule is COc1ccc2[nH]cc(CCN3C(=O)C(O)=C(C(C)=O)C3c3ccccc3F)c2c1. The molecule has 1 unspecified atom stereocenters. The van der Waals surface area contributed by atoms with Crippen LogP contribution in [0.15, 0.2) is 60.0 Å². The summed E-state index contributed by atoms with van der Waals surface area (Å²) in [7, 11) is 1.59. The van der Waals surface area contributed by atoms with Crippen LogP contribution in [0, 0.1) is 5.82 Å². The predicted octanol–water partition coefficient (Wildman–Crippen LogP) is 3.84. The maximum Gasteiger partial charge on any atom is 0.290 e. The number of nitrogens with zero attached hydrogens (tertiary/aromatic N) is 1. The molecule has 2 aromatic carbocycles.